The van der Waals surface area contributed by atoms with E-state index < -0.39 is 0 Å². The molecule has 1 aliphatic rings. The van der Waals surface area contributed by atoms with Gasteiger partial charge in [0.2, 0.25) is 0 Å². The quantitative estimate of drug-likeness (QED) is 0.337. The van der Waals surface area contributed by atoms with Gasteiger partial charge in [-0.05, 0) is 68.5 Å². The summed E-state index contributed by atoms with van der Waals surface area (Å²) in [4.78, 5) is 20.8. The van der Waals surface area contributed by atoms with Gasteiger partial charge in [-0.3, -0.25) is 4.79 Å². The predicted molar refractivity (Wildman–Crippen MR) is 134 cm³/mol. The van der Waals surface area contributed by atoms with Crippen molar-refractivity contribution in [3.05, 3.63) is 76.0 Å². The maximum atomic E-state index is 13.9. The third-order valence-electron chi connectivity index (χ3n) is 6.56. The van der Waals surface area contributed by atoms with Gasteiger partial charge >= 0.3 is 0 Å². The molecule has 2 atom stereocenters. The lowest BCUT2D eigenvalue weighted by Gasteiger charge is -2.40. The average molecular weight is 479 g/mol. The van der Waals surface area contributed by atoms with Crippen LogP contribution in [0, 0.1) is 12.8 Å². The molecular formula is C26H27ClN4OS. The van der Waals surface area contributed by atoms with Crippen molar-refractivity contribution in [2.45, 2.75) is 45.6 Å². The summed E-state index contributed by atoms with van der Waals surface area (Å²) in [6.45, 7) is 5.09. The van der Waals surface area contributed by atoms with E-state index in [1.165, 1.54) is 0 Å². The number of benzene rings is 2. The Morgan fingerprint density at radius 1 is 1.24 bits per heavy atom. The zero-order valence-electron chi connectivity index (χ0n) is 18.9. The Bertz CT molecular complexity index is 1280. The van der Waals surface area contributed by atoms with Crippen LogP contribution < -0.4 is 0 Å². The highest BCUT2D eigenvalue weighted by Gasteiger charge is 2.33. The molecule has 5 nitrogen and oxygen atoms in total. The third-order valence-corrected chi connectivity index (χ3v) is 7.89. The van der Waals surface area contributed by atoms with Crippen molar-refractivity contribution in [2.75, 3.05) is 6.54 Å². The number of fused-ring (bicyclic) bond motifs is 1. The fourth-order valence-corrected chi connectivity index (χ4v) is 5.98. The molecule has 170 valence electrons. The van der Waals surface area contributed by atoms with Crippen molar-refractivity contribution in [3.8, 4) is 5.69 Å². The Balaban J connectivity index is 1.40. The highest BCUT2D eigenvalue weighted by atomic mass is 35.5. The Kier molecular flexibility index (Phi) is 6.21. The van der Waals surface area contributed by atoms with Gasteiger partial charge in [-0.15, -0.1) is 11.3 Å². The molecule has 5 rings (SSSR count). The Morgan fingerprint density at radius 2 is 2.12 bits per heavy atom. The van der Waals surface area contributed by atoms with E-state index in [1.807, 2.05) is 55.6 Å². The summed E-state index contributed by atoms with van der Waals surface area (Å²) < 4.78 is 2.93. The third kappa shape index (κ3) is 4.55. The summed E-state index contributed by atoms with van der Waals surface area (Å²) >= 11 is 7.85. The molecule has 1 saturated heterocycles. The Morgan fingerprint density at radius 3 is 2.94 bits per heavy atom. The summed E-state index contributed by atoms with van der Waals surface area (Å²) in [6, 6.07) is 13.9. The highest BCUT2D eigenvalue weighted by Crippen LogP contribution is 2.31. The molecule has 7 heteroatoms. The summed E-state index contributed by atoms with van der Waals surface area (Å²) in [5, 5.41) is 6.18. The maximum Gasteiger partial charge on any atom is 0.256 e. The van der Waals surface area contributed by atoms with Crippen LogP contribution in [-0.2, 0) is 6.42 Å². The van der Waals surface area contributed by atoms with Crippen molar-refractivity contribution < 1.29 is 4.79 Å². The number of hydrogen-bond acceptors (Lipinski definition) is 4. The van der Waals surface area contributed by atoms with Gasteiger partial charge in [-0.1, -0.05) is 30.2 Å². The van der Waals surface area contributed by atoms with E-state index in [2.05, 4.69) is 16.9 Å². The van der Waals surface area contributed by atoms with Crippen LogP contribution in [0.15, 0.2) is 54.9 Å². The number of aromatic nitrogens is 3. The van der Waals surface area contributed by atoms with E-state index in [9.17, 15) is 4.79 Å². The van der Waals surface area contributed by atoms with Crippen molar-refractivity contribution >= 4 is 39.1 Å². The van der Waals surface area contributed by atoms with Crippen LogP contribution >= 0.6 is 22.9 Å². The zero-order valence-corrected chi connectivity index (χ0v) is 20.4. The van der Waals surface area contributed by atoms with E-state index in [-0.39, 0.29) is 11.9 Å². The number of piperidine rings is 1. The number of nitrogens with zero attached hydrogens (tertiary/aromatic N) is 4. The van der Waals surface area contributed by atoms with Crippen molar-refractivity contribution in [1.82, 2.24) is 19.7 Å². The van der Waals surface area contributed by atoms with Gasteiger partial charge in [0.1, 0.15) is 0 Å². The molecule has 1 amide bonds. The number of likely N-dealkylation sites (tertiary alicyclic amines) is 1. The number of halogens is 1. The monoisotopic (exact) mass is 478 g/mol. The average Bonchev–Trinajstić information content (AvgIpc) is 3.47. The lowest BCUT2D eigenvalue weighted by molar-refractivity contribution is 0.0499. The second-order valence-corrected chi connectivity index (χ2v) is 10.5. The first-order valence-electron chi connectivity index (χ1n) is 11.5. The molecule has 2 aromatic carbocycles. The first-order valence-corrected chi connectivity index (χ1v) is 12.7. The first kappa shape index (κ1) is 22.1. The van der Waals surface area contributed by atoms with E-state index in [4.69, 9.17) is 16.6 Å². The second kappa shape index (κ2) is 9.27. The van der Waals surface area contributed by atoms with Crippen molar-refractivity contribution in [3.63, 3.8) is 0 Å². The van der Waals surface area contributed by atoms with Crippen molar-refractivity contribution in [2.24, 2.45) is 5.92 Å². The Hall–Kier alpha value is -2.70. The zero-order chi connectivity index (χ0) is 22.9. The maximum absolute atomic E-state index is 13.9. The minimum Gasteiger partial charge on any atom is -0.335 e. The second-order valence-electron chi connectivity index (χ2n) is 8.91. The summed E-state index contributed by atoms with van der Waals surface area (Å²) in [7, 11) is 0. The predicted octanol–water partition coefficient (Wildman–Crippen LogP) is 6.32. The minimum absolute atomic E-state index is 0.0943. The molecule has 4 aromatic rings. The molecule has 0 saturated carbocycles. The summed E-state index contributed by atoms with van der Waals surface area (Å²) in [5.74, 6) is 0.543. The Labute approximate surface area is 203 Å². The molecule has 1 aliphatic heterocycles. The number of carbonyl (C=O) groups is 1. The number of amides is 1. The fourth-order valence-electron chi connectivity index (χ4n) is 4.86. The van der Waals surface area contributed by atoms with Crippen molar-refractivity contribution in [1.29, 1.82) is 0 Å². The van der Waals surface area contributed by atoms with E-state index in [1.54, 1.807) is 22.2 Å². The van der Waals surface area contributed by atoms with Crippen LogP contribution in [0.4, 0.5) is 0 Å². The SMILES string of the molecule is Cc1ccc(-n2cccn2)c(C(=O)N2CCC[C@@H](C)[C@H]2CCc2nc3cc(Cl)ccc3s2)c1. The first-order chi connectivity index (χ1) is 16.0. The van der Waals surface area contributed by atoms with Gasteiger partial charge in [-0.2, -0.15) is 5.10 Å². The number of hydrogen-bond donors (Lipinski definition) is 0. The number of carbonyl (C=O) groups excluding carboxylic acids is 1. The molecule has 3 heterocycles. The van der Waals surface area contributed by atoms with Crippen LogP contribution in [0.3, 0.4) is 0 Å². The molecule has 0 bridgehead atoms. The molecule has 2 aromatic heterocycles. The van der Waals surface area contributed by atoms with E-state index in [0.29, 0.717) is 16.5 Å². The highest BCUT2D eigenvalue weighted by molar-refractivity contribution is 7.18. The molecule has 0 N–H and O–H groups in total. The lowest BCUT2D eigenvalue weighted by Crippen LogP contribution is -2.48. The van der Waals surface area contributed by atoms with Crippen LogP contribution in [0.2, 0.25) is 5.02 Å². The number of thiazole rings is 1. The van der Waals surface area contributed by atoms with Gasteiger partial charge in [0.05, 0.1) is 26.5 Å². The topological polar surface area (TPSA) is 51.0 Å². The number of rotatable bonds is 5. The summed E-state index contributed by atoms with van der Waals surface area (Å²) in [6.07, 6.45) is 7.57. The van der Waals surface area contributed by atoms with Gasteiger partial charge in [0, 0.05) is 36.4 Å². The molecule has 0 spiro atoms. The lowest BCUT2D eigenvalue weighted by atomic mass is 9.87. The molecule has 1 fully saturated rings. The summed E-state index contributed by atoms with van der Waals surface area (Å²) in [5.41, 5.74) is 3.57. The molecule has 33 heavy (non-hydrogen) atoms. The van der Waals surface area contributed by atoms with E-state index >= 15 is 0 Å². The van der Waals surface area contributed by atoms with Crippen LogP contribution in [0.25, 0.3) is 15.9 Å². The smallest absolute Gasteiger partial charge is 0.256 e. The van der Waals surface area contributed by atoms with Gasteiger partial charge in [0.15, 0.2) is 0 Å². The van der Waals surface area contributed by atoms with Gasteiger partial charge in [-0.25, -0.2) is 9.67 Å². The number of aryl methyl sites for hydroxylation is 2. The van der Waals surface area contributed by atoms with E-state index in [0.717, 1.165) is 58.7 Å². The van der Waals surface area contributed by atoms with Crippen LogP contribution in [0.1, 0.15) is 47.1 Å². The standard InChI is InChI=1S/C26H27ClN4OS/c1-17-6-8-23(31-14-4-12-28-31)20(15-17)26(32)30-13-3-5-18(2)22(30)9-11-25-29-21-16-19(27)7-10-24(21)33-25/h4,6-8,10,12,14-16,18,22H,3,5,9,11,13H2,1-2H3/t18-,22-/m1/s1. The minimum atomic E-state index is 0.0943. The molecule has 0 aliphatic carbocycles. The van der Waals surface area contributed by atoms with Crippen LogP contribution in [0.5, 0.6) is 0 Å². The fraction of sp³-hybridized carbons (Fsp3) is 0.346. The molecule has 0 unspecified atom stereocenters. The molecular weight excluding hydrogens is 452 g/mol. The largest absolute Gasteiger partial charge is 0.335 e. The van der Waals surface area contributed by atoms with Gasteiger partial charge in [0.25, 0.3) is 5.91 Å². The van der Waals surface area contributed by atoms with Crippen LogP contribution in [-0.4, -0.2) is 38.2 Å². The van der Waals surface area contributed by atoms with Gasteiger partial charge < -0.3 is 4.90 Å². The molecule has 0 radical (unpaired) electrons. The normalized spacial score (nSPS) is 18.7.